The van der Waals surface area contributed by atoms with Crippen molar-refractivity contribution in [1.29, 1.82) is 0 Å². The molecule has 0 bridgehead atoms. The maximum atomic E-state index is 6.53. The molecule has 0 atom stereocenters. The molecular weight excluding hydrogens is 847 g/mol. The Morgan fingerprint density at radius 3 is 1.68 bits per heavy atom. The Kier molecular flexibility index (Phi) is 8.73. The molecule has 0 saturated carbocycles. The van der Waals surface area contributed by atoms with Crippen LogP contribution in [0.2, 0.25) is 0 Å². The summed E-state index contributed by atoms with van der Waals surface area (Å²) in [5, 5.41) is 11.8. The largest absolute Gasteiger partial charge is 0.456 e. The molecule has 0 fully saturated rings. The van der Waals surface area contributed by atoms with E-state index in [1.54, 1.807) is 0 Å². The Hall–Kier alpha value is -8.77. The molecule has 316 valence electrons. The van der Waals surface area contributed by atoms with E-state index in [0.29, 0.717) is 17.5 Å². The number of hydrogen-bond donors (Lipinski definition) is 0. The van der Waals surface area contributed by atoms with Gasteiger partial charge in [0, 0.05) is 47.6 Å². The van der Waals surface area contributed by atoms with Crippen molar-refractivity contribution < 1.29 is 4.42 Å². The van der Waals surface area contributed by atoms with Gasteiger partial charge in [-0.3, -0.25) is 0 Å². The van der Waals surface area contributed by atoms with Gasteiger partial charge in [-0.25, -0.2) is 15.0 Å². The number of nitrogens with zero attached hydrogens (tertiary/aromatic N) is 3. The highest BCUT2D eigenvalue weighted by Crippen LogP contribution is 2.42. The third-order valence-corrected chi connectivity index (χ3v) is 14.7. The van der Waals surface area contributed by atoms with E-state index in [0.717, 1.165) is 82.6 Å². The first-order chi connectivity index (χ1) is 33.6. The van der Waals surface area contributed by atoms with E-state index in [4.69, 9.17) is 19.4 Å². The predicted molar refractivity (Wildman–Crippen MR) is 285 cm³/mol. The second kappa shape index (κ2) is 15.4. The lowest BCUT2D eigenvalue weighted by Gasteiger charge is -2.11. The molecule has 0 radical (unpaired) electrons. The molecule has 3 aromatic heterocycles. The smallest absolute Gasteiger partial charge is 0.164 e. The van der Waals surface area contributed by atoms with E-state index < -0.39 is 0 Å². The minimum absolute atomic E-state index is 0.618. The first kappa shape index (κ1) is 38.5. The normalized spacial score (nSPS) is 11.8. The van der Waals surface area contributed by atoms with Gasteiger partial charge in [0.1, 0.15) is 11.2 Å². The second-order valence-electron chi connectivity index (χ2n) is 17.5. The van der Waals surface area contributed by atoms with Gasteiger partial charge in [0.05, 0.1) is 0 Å². The summed E-state index contributed by atoms with van der Waals surface area (Å²) in [6.45, 7) is 0. The molecule has 14 aromatic rings. The molecule has 0 aliphatic carbocycles. The van der Waals surface area contributed by atoms with Gasteiger partial charge in [0.15, 0.2) is 17.5 Å². The molecule has 4 nitrogen and oxygen atoms in total. The molecule has 68 heavy (non-hydrogen) atoms. The Bertz CT molecular complexity index is 4320. The minimum Gasteiger partial charge on any atom is -0.456 e. The Balaban J connectivity index is 0.880. The molecule has 5 heteroatoms. The van der Waals surface area contributed by atoms with Gasteiger partial charge < -0.3 is 4.42 Å². The zero-order chi connectivity index (χ0) is 44.7. The lowest BCUT2D eigenvalue weighted by atomic mass is 9.95. The van der Waals surface area contributed by atoms with Gasteiger partial charge in [-0.15, -0.1) is 11.3 Å². The van der Waals surface area contributed by atoms with Gasteiger partial charge in [-0.1, -0.05) is 170 Å². The van der Waals surface area contributed by atoms with Gasteiger partial charge in [0.25, 0.3) is 0 Å². The number of fused-ring (bicyclic) bond motifs is 10. The zero-order valence-electron chi connectivity index (χ0n) is 36.5. The number of rotatable bonds is 6. The fourth-order valence-corrected chi connectivity index (χ4v) is 11.2. The molecule has 3 heterocycles. The fourth-order valence-electron chi connectivity index (χ4n) is 10.1. The third-order valence-electron chi connectivity index (χ3n) is 13.5. The highest BCUT2D eigenvalue weighted by atomic mass is 32.1. The summed E-state index contributed by atoms with van der Waals surface area (Å²) in [6, 6.07) is 80.0. The highest BCUT2D eigenvalue weighted by molar-refractivity contribution is 7.25. The van der Waals surface area contributed by atoms with E-state index in [1.807, 2.05) is 17.4 Å². The number of benzene rings is 11. The van der Waals surface area contributed by atoms with Crippen LogP contribution in [0.1, 0.15) is 0 Å². The molecule has 0 aliphatic heterocycles. The zero-order valence-corrected chi connectivity index (χ0v) is 37.3. The first-order valence-electron chi connectivity index (χ1n) is 22.9. The van der Waals surface area contributed by atoms with Crippen LogP contribution in [0.25, 0.3) is 142 Å². The summed E-state index contributed by atoms with van der Waals surface area (Å²) < 4.78 is 9.14. The summed E-state index contributed by atoms with van der Waals surface area (Å²) >= 11 is 1.85. The molecule has 11 aromatic carbocycles. The van der Waals surface area contributed by atoms with E-state index in [1.165, 1.54) is 41.9 Å². The Labute approximate surface area is 395 Å². The lowest BCUT2D eigenvalue weighted by Crippen LogP contribution is -2.00. The van der Waals surface area contributed by atoms with Crippen LogP contribution in [-0.4, -0.2) is 15.0 Å². The van der Waals surface area contributed by atoms with Crippen molar-refractivity contribution in [2.75, 3.05) is 0 Å². The molecule has 0 aliphatic rings. The summed E-state index contributed by atoms with van der Waals surface area (Å²) in [6.07, 6.45) is 0. The topological polar surface area (TPSA) is 51.8 Å². The molecular formula is C63H37N3OS. The highest BCUT2D eigenvalue weighted by Gasteiger charge is 2.17. The van der Waals surface area contributed by atoms with Crippen molar-refractivity contribution >= 4 is 85.8 Å². The maximum Gasteiger partial charge on any atom is 0.164 e. The molecule has 0 spiro atoms. The minimum atomic E-state index is 0.618. The van der Waals surface area contributed by atoms with E-state index in [2.05, 4.69) is 218 Å². The SMILES string of the molecule is c1ccc(-c2ccc(-c3nc(-c4ccc5ccc(-c6cccc7oc8ccc(-c9ccc%10sc%11ccccc%11c%10c9)cc8c67)cc5c4)nc(-c4ccc5c(ccc6ccccc65)c4)n3)cc2)cc1. The maximum absolute atomic E-state index is 6.53. The van der Waals surface area contributed by atoms with Gasteiger partial charge in [-0.2, -0.15) is 0 Å². The van der Waals surface area contributed by atoms with Crippen molar-refractivity contribution in [1.82, 2.24) is 15.0 Å². The summed E-state index contributed by atoms with van der Waals surface area (Å²) in [4.78, 5) is 15.6. The quantitative estimate of drug-likeness (QED) is 0.156. The van der Waals surface area contributed by atoms with Crippen molar-refractivity contribution in [3.05, 3.63) is 224 Å². The van der Waals surface area contributed by atoms with Crippen LogP contribution in [0.3, 0.4) is 0 Å². The summed E-state index contributed by atoms with van der Waals surface area (Å²) in [5.74, 6) is 1.87. The van der Waals surface area contributed by atoms with Crippen LogP contribution in [0, 0.1) is 0 Å². The first-order valence-corrected chi connectivity index (χ1v) is 23.7. The monoisotopic (exact) mass is 883 g/mol. The Morgan fingerprint density at radius 2 is 0.838 bits per heavy atom. The van der Waals surface area contributed by atoms with Crippen LogP contribution in [0.15, 0.2) is 229 Å². The third kappa shape index (κ3) is 6.47. The standard InChI is InChI=1S/C63H37N3OS/c1-2-9-38(10-3-1)39-17-22-42(23-18-39)61-64-62(66-63(65-61)48-27-30-51-45(33-48)25-21-41-11-4-5-12-50(41)51)47-26-20-40-19-24-46(34-49(40)35-47)52-14-8-15-57-60(52)55-37-43(28-31-56(55)67-57)44-29-32-59-54(36-44)53-13-6-7-16-58(53)68-59/h1-37H. The van der Waals surface area contributed by atoms with Crippen molar-refractivity contribution in [3.8, 4) is 67.5 Å². The van der Waals surface area contributed by atoms with Crippen LogP contribution >= 0.6 is 11.3 Å². The lowest BCUT2D eigenvalue weighted by molar-refractivity contribution is 0.669. The number of aromatic nitrogens is 3. The molecule has 0 unspecified atom stereocenters. The average Bonchev–Trinajstić information content (AvgIpc) is 3.98. The number of thiophene rings is 1. The molecule has 0 N–H and O–H groups in total. The van der Waals surface area contributed by atoms with Gasteiger partial charge >= 0.3 is 0 Å². The van der Waals surface area contributed by atoms with Crippen molar-refractivity contribution in [2.45, 2.75) is 0 Å². The van der Waals surface area contributed by atoms with Crippen molar-refractivity contribution in [2.24, 2.45) is 0 Å². The van der Waals surface area contributed by atoms with Crippen molar-refractivity contribution in [3.63, 3.8) is 0 Å². The second-order valence-corrected chi connectivity index (χ2v) is 18.6. The molecule has 14 rings (SSSR count). The van der Waals surface area contributed by atoms with Crippen LogP contribution in [-0.2, 0) is 0 Å². The molecule has 0 amide bonds. The fraction of sp³-hybridized carbons (Fsp3) is 0. The molecule has 0 saturated heterocycles. The van der Waals surface area contributed by atoms with Crippen LogP contribution < -0.4 is 0 Å². The summed E-state index contributed by atoms with van der Waals surface area (Å²) in [5.41, 5.74) is 11.4. The van der Waals surface area contributed by atoms with E-state index in [9.17, 15) is 0 Å². The van der Waals surface area contributed by atoms with Gasteiger partial charge in [-0.05, 0) is 120 Å². The van der Waals surface area contributed by atoms with E-state index >= 15 is 0 Å². The van der Waals surface area contributed by atoms with Gasteiger partial charge in [0.2, 0.25) is 0 Å². The van der Waals surface area contributed by atoms with Crippen LogP contribution in [0.4, 0.5) is 0 Å². The predicted octanol–water partition coefficient (Wildman–Crippen LogP) is 17.6. The number of furan rings is 1. The number of hydrogen-bond acceptors (Lipinski definition) is 5. The van der Waals surface area contributed by atoms with Crippen LogP contribution in [0.5, 0.6) is 0 Å². The van der Waals surface area contributed by atoms with E-state index in [-0.39, 0.29) is 0 Å². The average molecular weight is 884 g/mol. The summed E-state index contributed by atoms with van der Waals surface area (Å²) in [7, 11) is 0. The Morgan fingerprint density at radius 1 is 0.279 bits per heavy atom.